The lowest BCUT2D eigenvalue weighted by atomic mass is 10.0. The van der Waals surface area contributed by atoms with E-state index in [1.165, 1.54) is 0 Å². The topological polar surface area (TPSA) is 58.4 Å². The molecule has 0 bridgehead atoms. The second-order valence-electron chi connectivity index (χ2n) is 4.49. The van der Waals surface area contributed by atoms with Gasteiger partial charge in [0.1, 0.15) is 5.56 Å². The quantitative estimate of drug-likeness (QED) is 0.843. The van der Waals surface area contributed by atoms with Gasteiger partial charge in [-0.2, -0.15) is 0 Å². The molecule has 0 spiro atoms. The zero-order valence-electron chi connectivity index (χ0n) is 11.2. The van der Waals surface area contributed by atoms with E-state index in [1.807, 2.05) is 20.9 Å². The van der Waals surface area contributed by atoms with Gasteiger partial charge in [-0.05, 0) is 14.0 Å². The Morgan fingerprint density at radius 1 is 1.53 bits per heavy atom. The second-order valence-corrected chi connectivity index (χ2v) is 4.49. The first kappa shape index (κ1) is 13.7. The number of amides is 1. The van der Waals surface area contributed by atoms with Crippen molar-refractivity contribution in [3.05, 3.63) is 17.0 Å². The van der Waals surface area contributed by atoms with Gasteiger partial charge in [0.2, 0.25) is 0 Å². The zero-order valence-corrected chi connectivity index (χ0v) is 11.2. The van der Waals surface area contributed by atoms with Crippen LogP contribution in [0.25, 0.3) is 0 Å². The molecule has 1 amide bonds. The molecule has 0 saturated carbocycles. The first-order valence-electron chi connectivity index (χ1n) is 5.85. The van der Waals surface area contributed by atoms with Gasteiger partial charge in [-0.1, -0.05) is 19.0 Å². The summed E-state index contributed by atoms with van der Waals surface area (Å²) in [5, 5.41) is 6.90. The first-order valence-corrected chi connectivity index (χ1v) is 5.85. The van der Waals surface area contributed by atoms with Crippen molar-refractivity contribution in [1.29, 1.82) is 0 Å². The highest BCUT2D eigenvalue weighted by molar-refractivity contribution is 5.96. The molecule has 0 aliphatic heterocycles. The monoisotopic (exact) mass is 239 g/mol. The van der Waals surface area contributed by atoms with E-state index >= 15 is 0 Å². The SMILES string of the molecule is CNCCN(C)C(=O)c1c(C)noc1C(C)C. The van der Waals surface area contributed by atoms with Crippen LogP contribution in [-0.4, -0.2) is 43.1 Å². The fourth-order valence-electron chi connectivity index (χ4n) is 1.61. The third-order valence-electron chi connectivity index (χ3n) is 2.67. The molecule has 0 aromatic carbocycles. The molecule has 0 atom stereocenters. The molecule has 1 N–H and O–H groups in total. The van der Waals surface area contributed by atoms with E-state index in [0.717, 1.165) is 6.54 Å². The van der Waals surface area contributed by atoms with Crippen LogP contribution in [-0.2, 0) is 0 Å². The second kappa shape index (κ2) is 5.82. The minimum atomic E-state index is -0.0253. The summed E-state index contributed by atoms with van der Waals surface area (Å²) in [6.07, 6.45) is 0. The molecule has 5 nitrogen and oxygen atoms in total. The number of hydrogen-bond donors (Lipinski definition) is 1. The average molecular weight is 239 g/mol. The van der Waals surface area contributed by atoms with E-state index in [9.17, 15) is 4.79 Å². The van der Waals surface area contributed by atoms with Crippen LogP contribution < -0.4 is 5.32 Å². The molecule has 0 aliphatic carbocycles. The van der Waals surface area contributed by atoms with Crippen LogP contribution in [0.2, 0.25) is 0 Å². The fourth-order valence-corrected chi connectivity index (χ4v) is 1.61. The predicted molar refractivity (Wildman–Crippen MR) is 66.2 cm³/mol. The molecule has 1 heterocycles. The molecule has 0 radical (unpaired) electrons. The van der Waals surface area contributed by atoms with Crippen molar-refractivity contribution in [2.45, 2.75) is 26.7 Å². The summed E-state index contributed by atoms with van der Waals surface area (Å²) in [5.74, 6) is 0.805. The molecule has 0 fully saturated rings. The fraction of sp³-hybridized carbons (Fsp3) is 0.667. The van der Waals surface area contributed by atoms with Gasteiger partial charge in [0.15, 0.2) is 5.76 Å². The van der Waals surface area contributed by atoms with Crippen LogP contribution >= 0.6 is 0 Å². The van der Waals surface area contributed by atoms with Gasteiger partial charge in [0.25, 0.3) is 5.91 Å². The van der Waals surface area contributed by atoms with Gasteiger partial charge < -0.3 is 14.7 Å². The molecule has 1 aromatic heterocycles. The highest BCUT2D eigenvalue weighted by Gasteiger charge is 2.24. The number of nitrogens with one attached hydrogen (secondary N) is 1. The minimum Gasteiger partial charge on any atom is -0.360 e. The number of nitrogens with zero attached hydrogens (tertiary/aromatic N) is 2. The highest BCUT2D eigenvalue weighted by Crippen LogP contribution is 2.23. The first-order chi connectivity index (χ1) is 7.99. The number of aromatic nitrogens is 1. The summed E-state index contributed by atoms with van der Waals surface area (Å²) in [5.41, 5.74) is 1.27. The molecule has 1 aromatic rings. The Labute approximate surface area is 102 Å². The maximum atomic E-state index is 12.3. The Morgan fingerprint density at radius 2 is 2.18 bits per heavy atom. The van der Waals surface area contributed by atoms with E-state index < -0.39 is 0 Å². The third kappa shape index (κ3) is 3.06. The van der Waals surface area contributed by atoms with Crippen molar-refractivity contribution in [3.63, 3.8) is 0 Å². The van der Waals surface area contributed by atoms with Crippen molar-refractivity contribution in [1.82, 2.24) is 15.4 Å². The van der Waals surface area contributed by atoms with Crippen LogP contribution in [0.1, 0.15) is 41.6 Å². The zero-order chi connectivity index (χ0) is 13.0. The number of rotatable bonds is 5. The molecule has 17 heavy (non-hydrogen) atoms. The van der Waals surface area contributed by atoms with Crippen molar-refractivity contribution in [3.8, 4) is 0 Å². The maximum absolute atomic E-state index is 12.3. The number of aryl methyl sites for hydroxylation is 1. The van der Waals surface area contributed by atoms with Crippen LogP contribution in [0.4, 0.5) is 0 Å². The standard InChI is InChI=1S/C12H21N3O2/c1-8(2)11-10(9(3)14-17-11)12(16)15(5)7-6-13-4/h8,13H,6-7H2,1-5H3. The maximum Gasteiger partial charge on any atom is 0.259 e. The van der Waals surface area contributed by atoms with E-state index in [4.69, 9.17) is 4.52 Å². The van der Waals surface area contributed by atoms with Crippen molar-refractivity contribution < 1.29 is 9.32 Å². The lowest BCUT2D eigenvalue weighted by Gasteiger charge is -2.17. The Morgan fingerprint density at radius 3 is 2.71 bits per heavy atom. The van der Waals surface area contributed by atoms with E-state index in [1.54, 1.807) is 18.9 Å². The number of hydrogen-bond acceptors (Lipinski definition) is 4. The molecular formula is C12H21N3O2. The third-order valence-corrected chi connectivity index (χ3v) is 2.67. The lowest BCUT2D eigenvalue weighted by molar-refractivity contribution is 0.0793. The predicted octanol–water partition coefficient (Wildman–Crippen LogP) is 1.40. The van der Waals surface area contributed by atoms with E-state index in [0.29, 0.717) is 23.6 Å². The normalized spacial score (nSPS) is 10.9. The Kier molecular flexibility index (Phi) is 4.69. The highest BCUT2D eigenvalue weighted by atomic mass is 16.5. The van der Waals surface area contributed by atoms with Crippen LogP contribution in [0, 0.1) is 6.92 Å². The Bertz CT molecular complexity index is 385. The molecule has 1 rings (SSSR count). The van der Waals surface area contributed by atoms with Crippen LogP contribution in [0.5, 0.6) is 0 Å². The van der Waals surface area contributed by atoms with Crippen molar-refractivity contribution >= 4 is 5.91 Å². The Balaban J connectivity index is 2.91. The van der Waals surface area contributed by atoms with Gasteiger partial charge >= 0.3 is 0 Å². The van der Waals surface area contributed by atoms with Crippen LogP contribution in [0.3, 0.4) is 0 Å². The number of likely N-dealkylation sites (N-methyl/N-ethyl adjacent to an activating group) is 2. The molecule has 96 valence electrons. The van der Waals surface area contributed by atoms with Gasteiger partial charge in [-0.15, -0.1) is 0 Å². The largest absolute Gasteiger partial charge is 0.360 e. The molecule has 0 saturated heterocycles. The van der Waals surface area contributed by atoms with Gasteiger partial charge in [-0.3, -0.25) is 4.79 Å². The lowest BCUT2D eigenvalue weighted by Crippen LogP contribution is -2.33. The van der Waals surface area contributed by atoms with Gasteiger partial charge in [0.05, 0.1) is 5.69 Å². The molecule has 0 unspecified atom stereocenters. The molecule has 5 heteroatoms. The van der Waals surface area contributed by atoms with Gasteiger partial charge in [0, 0.05) is 26.1 Å². The minimum absolute atomic E-state index is 0.0253. The molecule has 0 aliphatic rings. The summed E-state index contributed by atoms with van der Waals surface area (Å²) in [6, 6.07) is 0. The summed E-state index contributed by atoms with van der Waals surface area (Å²) < 4.78 is 5.22. The smallest absolute Gasteiger partial charge is 0.259 e. The summed E-state index contributed by atoms with van der Waals surface area (Å²) >= 11 is 0. The van der Waals surface area contributed by atoms with Crippen molar-refractivity contribution in [2.24, 2.45) is 0 Å². The van der Waals surface area contributed by atoms with Crippen molar-refractivity contribution in [2.75, 3.05) is 27.2 Å². The number of carbonyl (C=O) groups excluding carboxylic acids is 1. The van der Waals surface area contributed by atoms with E-state index in [2.05, 4.69) is 10.5 Å². The summed E-state index contributed by atoms with van der Waals surface area (Å²) in [7, 11) is 3.65. The number of carbonyl (C=O) groups is 1. The Hall–Kier alpha value is -1.36. The van der Waals surface area contributed by atoms with Crippen LogP contribution in [0.15, 0.2) is 4.52 Å². The summed E-state index contributed by atoms with van der Waals surface area (Å²) in [4.78, 5) is 13.9. The summed E-state index contributed by atoms with van der Waals surface area (Å²) in [6.45, 7) is 7.21. The average Bonchev–Trinajstić information content (AvgIpc) is 2.67. The van der Waals surface area contributed by atoms with E-state index in [-0.39, 0.29) is 11.8 Å². The molecular weight excluding hydrogens is 218 g/mol. The van der Waals surface area contributed by atoms with Gasteiger partial charge in [-0.25, -0.2) is 0 Å².